The van der Waals surface area contributed by atoms with Gasteiger partial charge >= 0.3 is 6.09 Å². The van der Waals surface area contributed by atoms with Crippen LogP contribution in [0.25, 0.3) is 44.2 Å². The minimum Gasteiger partial charge on any atom is -0.453 e. The number of nitrogens with zero attached hydrogens (tertiary/aromatic N) is 4. The molecule has 2 aliphatic rings. The fourth-order valence-electron chi connectivity index (χ4n) is 7.66. The summed E-state index contributed by atoms with van der Waals surface area (Å²) in [5.74, 6) is 1.10. The normalized spacial score (nSPS) is 19.6. The number of rotatable bonds is 11. The molecule has 6 atom stereocenters. The number of aromatic nitrogens is 4. The average Bonchev–Trinajstić information content (AvgIpc) is 4.04. The molecule has 2 fully saturated rings. The number of hydrogen-bond donors (Lipinski definition) is 4. The molecule has 3 amide bonds. The van der Waals surface area contributed by atoms with E-state index in [4.69, 9.17) is 29.9 Å². The molecule has 5 aromatic rings. The van der Waals surface area contributed by atoms with Crippen molar-refractivity contribution >= 4 is 39.7 Å². The molecule has 2 aromatic heterocycles. The lowest BCUT2D eigenvalue weighted by atomic mass is 9.99. The standard InChI is InChI=1S/C40H48N8O6/c1-22(52-3)34(41)38(49)47-16-7-9-33(47)37-43-29-15-14-27(20-30(29)44-37)25-10-11-26-19-28(13-12-24(26)18-25)31-21-42-36(45-31)32-8-6-17-48(32)39(50)35(23(2)53-4)46-40(51)54-5/h10-15,18-23,32-35H,6-9,16-17,41H2,1-5H3,(H,42,45)(H,43,44)(H,46,51)/t22-,23-,32+,33+,34+,35+/m1/s1. The molecule has 5 N–H and O–H groups in total. The molecule has 284 valence electrons. The van der Waals surface area contributed by atoms with E-state index in [9.17, 15) is 14.4 Å². The number of amides is 3. The van der Waals surface area contributed by atoms with Gasteiger partial charge in [-0.25, -0.2) is 14.8 Å². The number of benzene rings is 3. The van der Waals surface area contributed by atoms with Crippen LogP contribution in [0, 0.1) is 0 Å². The van der Waals surface area contributed by atoms with Crippen LogP contribution in [0.1, 0.15) is 63.3 Å². The number of carbonyl (C=O) groups is 3. The number of ether oxygens (including phenoxy) is 3. The first-order chi connectivity index (χ1) is 26.1. The minimum absolute atomic E-state index is 0.120. The number of alkyl carbamates (subject to hydrolysis) is 1. The fourth-order valence-corrected chi connectivity index (χ4v) is 7.66. The van der Waals surface area contributed by atoms with Crippen molar-refractivity contribution in [2.45, 2.75) is 75.9 Å². The van der Waals surface area contributed by atoms with Crippen LogP contribution in [-0.2, 0) is 23.8 Å². The summed E-state index contributed by atoms with van der Waals surface area (Å²) in [5, 5.41) is 4.79. The summed E-state index contributed by atoms with van der Waals surface area (Å²) < 4.78 is 15.5. The van der Waals surface area contributed by atoms with Crippen LogP contribution in [0.3, 0.4) is 0 Å². The van der Waals surface area contributed by atoms with Crippen LogP contribution in [0.5, 0.6) is 0 Å². The number of nitrogens with one attached hydrogen (secondary N) is 3. The highest BCUT2D eigenvalue weighted by atomic mass is 16.5. The zero-order chi connectivity index (χ0) is 38.1. The Morgan fingerprint density at radius 3 is 2.09 bits per heavy atom. The Morgan fingerprint density at radius 2 is 1.41 bits per heavy atom. The monoisotopic (exact) mass is 736 g/mol. The second-order valence-electron chi connectivity index (χ2n) is 14.2. The van der Waals surface area contributed by atoms with Crippen molar-refractivity contribution < 1.29 is 28.6 Å². The maximum absolute atomic E-state index is 13.6. The molecule has 2 saturated heterocycles. The lowest BCUT2D eigenvalue weighted by molar-refractivity contribution is -0.138. The number of carbonyl (C=O) groups excluding carboxylic acids is 3. The highest BCUT2D eigenvalue weighted by molar-refractivity contribution is 5.92. The van der Waals surface area contributed by atoms with Gasteiger partial charge in [-0.05, 0) is 85.7 Å². The second kappa shape index (κ2) is 15.6. The van der Waals surface area contributed by atoms with Crippen LogP contribution in [-0.4, -0.2) is 106 Å². The highest BCUT2D eigenvalue weighted by Gasteiger charge is 2.39. The average molecular weight is 737 g/mol. The van der Waals surface area contributed by atoms with Crippen LogP contribution >= 0.6 is 0 Å². The Bertz CT molecular complexity index is 2160. The molecule has 2 aliphatic heterocycles. The molecule has 3 aromatic carbocycles. The summed E-state index contributed by atoms with van der Waals surface area (Å²) in [6.07, 6.45) is 3.46. The van der Waals surface area contributed by atoms with Gasteiger partial charge in [0.25, 0.3) is 0 Å². The maximum Gasteiger partial charge on any atom is 0.407 e. The molecule has 4 heterocycles. The predicted molar refractivity (Wildman–Crippen MR) is 204 cm³/mol. The van der Waals surface area contributed by atoms with Crippen LogP contribution in [0.15, 0.2) is 60.8 Å². The van der Waals surface area contributed by atoms with Gasteiger partial charge < -0.3 is 45.0 Å². The van der Waals surface area contributed by atoms with E-state index in [1.807, 2.05) is 17.9 Å². The van der Waals surface area contributed by atoms with Gasteiger partial charge in [0.05, 0.1) is 54.3 Å². The zero-order valence-corrected chi connectivity index (χ0v) is 31.3. The van der Waals surface area contributed by atoms with E-state index >= 15 is 0 Å². The molecule has 0 radical (unpaired) electrons. The van der Waals surface area contributed by atoms with E-state index in [-0.39, 0.29) is 30.0 Å². The van der Waals surface area contributed by atoms with Crippen molar-refractivity contribution in [3.8, 4) is 22.4 Å². The van der Waals surface area contributed by atoms with Crippen molar-refractivity contribution in [1.82, 2.24) is 35.1 Å². The summed E-state index contributed by atoms with van der Waals surface area (Å²) in [6, 6.07) is 16.9. The van der Waals surface area contributed by atoms with Crippen LogP contribution in [0.2, 0.25) is 0 Å². The third-order valence-electron chi connectivity index (χ3n) is 11.0. The second-order valence-corrected chi connectivity index (χ2v) is 14.2. The molecule has 54 heavy (non-hydrogen) atoms. The highest BCUT2D eigenvalue weighted by Crippen LogP contribution is 2.35. The summed E-state index contributed by atoms with van der Waals surface area (Å²) in [7, 11) is 4.33. The van der Waals surface area contributed by atoms with Gasteiger partial charge in [-0.3, -0.25) is 9.59 Å². The smallest absolute Gasteiger partial charge is 0.407 e. The first-order valence-electron chi connectivity index (χ1n) is 18.5. The van der Waals surface area contributed by atoms with Gasteiger partial charge in [0.1, 0.15) is 23.7 Å². The maximum atomic E-state index is 13.6. The van der Waals surface area contributed by atoms with Crippen molar-refractivity contribution in [2.75, 3.05) is 34.4 Å². The van der Waals surface area contributed by atoms with Crippen molar-refractivity contribution in [3.05, 3.63) is 72.4 Å². The number of fused-ring (bicyclic) bond motifs is 2. The zero-order valence-electron chi connectivity index (χ0n) is 31.3. The van der Waals surface area contributed by atoms with Crippen LogP contribution < -0.4 is 11.1 Å². The molecule has 0 spiro atoms. The van der Waals surface area contributed by atoms with E-state index in [0.717, 1.165) is 75.7 Å². The number of nitrogens with two attached hydrogens (primary N) is 1. The lowest BCUT2D eigenvalue weighted by Gasteiger charge is -2.30. The molecule has 14 heteroatoms. The molecular weight excluding hydrogens is 688 g/mol. The van der Waals surface area contributed by atoms with Gasteiger partial charge in [0.15, 0.2) is 0 Å². The fraction of sp³-hybridized carbons (Fsp3) is 0.425. The first-order valence-corrected chi connectivity index (χ1v) is 18.5. The lowest BCUT2D eigenvalue weighted by Crippen LogP contribution is -2.54. The van der Waals surface area contributed by atoms with E-state index in [1.54, 1.807) is 25.1 Å². The molecule has 0 bridgehead atoms. The quantitative estimate of drug-likeness (QED) is 0.141. The number of hydrogen-bond acceptors (Lipinski definition) is 9. The van der Waals surface area contributed by atoms with E-state index in [2.05, 4.69) is 63.8 Å². The molecule has 0 aliphatic carbocycles. The van der Waals surface area contributed by atoms with Crippen molar-refractivity contribution in [1.29, 1.82) is 0 Å². The summed E-state index contributed by atoms with van der Waals surface area (Å²) in [6.45, 7) is 4.74. The molecule has 0 unspecified atom stereocenters. The number of likely N-dealkylation sites (tertiary alicyclic amines) is 2. The van der Waals surface area contributed by atoms with Crippen LogP contribution in [0.4, 0.5) is 4.79 Å². The minimum atomic E-state index is -0.892. The predicted octanol–water partition coefficient (Wildman–Crippen LogP) is 5.22. The third kappa shape index (κ3) is 7.16. The Balaban J connectivity index is 1.08. The Kier molecular flexibility index (Phi) is 10.7. The van der Waals surface area contributed by atoms with Gasteiger partial charge in [-0.15, -0.1) is 0 Å². The van der Waals surface area contributed by atoms with Crippen molar-refractivity contribution in [2.24, 2.45) is 5.73 Å². The number of aromatic amines is 2. The largest absolute Gasteiger partial charge is 0.453 e. The summed E-state index contributed by atoms with van der Waals surface area (Å²) >= 11 is 0. The Labute approximate surface area is 313 Å². The number of methoxy groups -OCH3 is 3. The molecule has 7 rings (SSSR count). The van der Waals surface area contributed by atoms with E-state index < -0.39 is 24.3 Å². The van der Waals surface area contributed by atoms with Gasteiger partial charge in [-0.2, -0.15) is 0 Å². The molecular formula is C40H48N8O6. The SMILES string of the molecule is COC(=O)N[C@H](C(=O)N1CCC[C@H]1c1ncc(-c2ccc3cc(-c4ccc5nc([C@@H]6CCCN6C(=O)[C@@H](N)[C@@H](C)OC)[nH]c5c4)ccc3c2)[nH]1)[C@@H](C)OC. The van der Waals surface area contributed by atoms with E-state index in [0.29, 0.717) is 18.9 Å². The molecule has 14 nitrogen and oxygen atoms in total. The molecule has 0 saturated carbocycles. The summed E-state index contributed by atoms with van der Waals surface area (Å²) in [4.78, 5) is 59.0. The Hall–Kier alpha value is -5.31. The number of H-pyrrole nitrogens is 2. The number of imidazole rings is 2. The van der Waals surface area contributed by atoms with E-state index in [1.165, 1.54) is 14.2 Å². The van der Waals surface area contributed by atoms with Crippen molar-refractivity contribution in [3.63, 3.8) is 0 Å². The van der Waals surface area contributed by atoms with Gasteiger partial charge in [0, 0.05) is 32.9 Å². The first kappa shape index (κ1) is 37.0. The van der Waals surface area contributed by atoms with Gasteiger partial charge in [0.2, 0.25) is 11.8 Å². The topological polar surface area (TPSA) is 181 Å². The van der Waals surface area contributed by atoms with Gasteiger partial charge in [-0.1, -0.05) is 30.3 Å². The summed E-state index contributed by atoms with van der Waals surface area (Å²) in [5.41, 5.74) is 11.9. The Morgan fingerprint density at radius 1 is 0.796 bits per heavy atom. The third-order valence-corrected chi connectivity index (χ3v) is 11.0.